The van der Waals surface area contributed by atoms with Crippen LogP contribution in [0.2, 0.25) is 0 Å². The molecule has 0 spiro atoms. The summed E-state index contributed by atoms with van der Waals surface area (Å²) >= 11 is 1.75. The lowest BCUT2D eigenvalue weighted by atomic mass is 10.2. The molecular formula is C18H29IN6OS. The van der Waals surface area contributed by atoms with Crippen molar-refractivity contribution in [2.24, 2.45) is 4.99 Å². The minimum absolute atomic E-state index is 0. The van der Waals surface area contributed by atoms with Crippen molar-refractivity contribution < 1.29 is 4.74 Å². The molecule has 2 aromatic rings. The van der Waals surface area contributed by atoms with Crippen LogP contribution >= 0.6 is 35.3 Å². The molecule has 7 nitrogen and oxygen atoms in total. The molecule has 2 aromatic heterocycles. The van der Waals surface area contributed by atoms with Crippen LogP contribution in [-0.4, -0.2) is 46.5 Å². The van der Waals surface area contributed by atoms with Crippen LogP contribution in [0.5, 0.6) is 0 Å². The molecule has 1 aliphatic heterocycles. The maximum absolute atomic E-state index is 5.69. The largest absolute Gasteiger partial charge is 0.376 e. The minimum Gasteiger partial charge on any atom is -0.376 e. The summed E-state index contributed by atoms with van der Waals surface area (Å²) < 4.78 is 7.77. The van der Waals surface area contributed by atoms with E-state index in [2.05, 4.69) is 56.8 Å². The van der Waals surface area contributed by atoms with Crippen molar-refractivity contribution >= 4 is 41.3 Å². The Hall–Kier alpha value is -1.20. The molecule has 0 aromatic carbocycles. The normalized spacial score (nSPS) is 18.1. The lowest BCUT2D eigenvalue weighted by Gasteiger charge is -2.18. The van der Waals surface area contributed by atoms with E-state index < -0.39 is 0 Å². The van der Waals surface area contributed by atoms with E-state index in [-0.39, 0.29) is 36.1 Å². The fraction of sp³-hybridized carbons (Fsp3) is 0.611. The summed E-state index contributed by atoms with van der Waals surface area (Å²) in [6.45, 7) is 7.37. The predicted octanol–water partition coefficient (Wildman–Crippen LogP) is 3.00. The van der Waals surface area contributed by atoms with Gasteiger partial charge in [-0.25, -0.2) is 0 Å². The molecule has 2 atom stereocenters. The molecule has 0 aliphatic carbocycles. The zero-order valence-corrected chi connectivity index (χ0v) is 19.1. The van der Waals surface area contributed by atoms with Gasteiger partial charge in [-0.15, -0.1) is 45.5 Å². The minimum atomic E-state index is 0. The molecule has 2 N–H and O–H groups in total. The number of nitrogens with one attached hydrogen (secondary N) is 2. The van der Waals surface area contributed by atoms with Crippen LogP contribution in [0, 0.1) is 0 Å². The van der Waals surface area contributed by atoms with Crippen LogP contribution < -0.4 is 10.6 Å². The average Bonchev–Trinajstić information content (AvgIpc) is 3.41. The van der Waals surface area contributed by atoms with Gasteiger partial charge in [-0.05, 0) is 31.2 Å². The van der Waals surface area contributed by atoms with Gasteiger partial charge in [-0.3, -0.25) is 4.99 Å². The van der Waals surface area contributed by atoms with Crippen LogP contribution in [0.25, 0.3) is 0 Å². The van der Waals surface area contributed by atoms with Crippen LogP contribution in [-0.2, 0) is 17.7 Å². The molecule has 0 radical (unpaired) electrons. The van der Waals surface area contributed by atoms with Crippen LogP contribution in [0.15, 0.2) is 28.8 Å². The van der Waals surface area contributed by atoms with E-state index in [1.807, 2.05) is 0 Å². The van der Waals surface area contributed by atoms with Crippen LogP contribution in [0.4, 0.5) is 0 Å². The number of guanidine groups is 1. The first-order chi connectivity index (χ1) is 12.8. The van der Waals surface area contributed by atoms with E-state index in [0.29, 0.717) is 6.54 Å². The van der Waals surface area contributed by atoms with Crippen molar-refractivity contribution in [1.29, 1.82) is 0 Å². The summed E-state index contributed by atoms with van der Waals surface area (Å²) in [5.41, 5.74) is 0. The Bertz CT molecular complexity index is 684. The Morgan fingerprint density at radius 3 is 3.11 bits per heavy atom. The second kappa shape index (κ2) is 11.6. The first kappa shape index (κ1) is 22.1. The van der Waals surface area contributed by atoms with Crippen molar-refractivity contribution in [3.63, 3.8) is 0 Å². The molecule has 0 amide bonds. The van der Waals surface area contributed by atoms with Crippen molar-refractivity contribution in [2.45, 2.75) is 51.8 Å². The molecule has 150 valence electrons. The molecule has 0 saturated carbocycles. The fourth-order valence-electron chi connectivity index (χ4n) is 2.98. The quantitative estimate of drug-likeness (QED) is 0.329. The highest BCUT2D eigenvalue weighted by Crippen LogP contribution is 2.18. The average molecular weight is 504 g/mol. The number of thiophene rings is 1. The van der Waals surface area contributed by atoms with Gasteiger partial charge in [0.1, 0.15) is 12.2 Å². The molecule has 2 unspecified atom stereocenters. The first-order valence-corrected chi connectivity index (χ1v) is 10.2. The maximum Gasteiger partial charge on any atom is 0.191 e. The summed E-state index contributed by atoms with van der Waals surface area (Å²) in [6, 6.07) is 4.43. The summed E-state index contributed by atoms with van der Waals surface area (Å²) in [7, 11) is 0. The van der Waals surface area contributed by atoms with Crippen molar-refractivity contribution in [2.75, 3.05) is 19.7 Å². The van der Waals surface area contributed by atoms with Crippen molar-refractivity contribution in [3.05, 3.63) is 34.5 Å². The van der Waals surface area contributed by atoms with E-state index in [0.717, 1.165) is 50.7 Å². The highest BCUT2D eigenvalue weighted by molar-refractivity contribution is 14.0. The van der Waals surface area contributed by atoms with Gasteiger partial charge < -0.3 is 19.9 Å². The van der Waals surface area contributed by atoms with Gasteiger partial charge in [0.2, 0.25) is 0 Å². The van der Waals surface area contributed by atoms with E-state index in [1.54, 1.807) is 17.7 Å². The molecule has 1 aliphatic rings. The van der Waals surface area contributed by atoms with Gasteiger partial charge in [0.05, 0.1) is 18.7 Å². The standard InChI is InChI=1S/C18H28N6OS.HI/c1-3-17-23-21-13-24(17)9-8-19-18(20-12-15-6-4-10-25-15)22-14(2)16-7-5-11-26-16;/h5,7,11,13-15H,3-4,6,8-10,12H2,1-2H3,(H2,19,20,22);1H. The number of aryl methyl sites for hydroxylation is 1. The topological polar surface area (TPSA) is 76.4 Å². The zero-order chi connectivity index (χ0) is 18.2. The summed E-state index contributed by atoms with van der Waals surface area (Å²) in [6.07, 6.45) is 5.14. The maximum atomic E-state index is 5.69. The summed E-state index contributed by atoms with van der Waals surface area (Å²) in [5, 5.41) is 17.2. The molecule has 9 heteroatoms. The van der Waals surface area contributed by atoms with E-state index in [1.165, 1.54) is 4.88 Å². The van der Waals surface area contributed by atoms with Gasteiger partial charge in [-0.1, -0.05) is 13.0 Å². The highest BCUT2D eigenvalue weighted by atomic mass is 127. The lowest BCUT2D eigenvalue weighted by Crippen LogP contribution is -2.40. The van der Waals surface area contributed by atoms with Crippen molar-refractivity contribution in [1.82, 2.24) is 25.4 Å². The van der Waals surface area contributed by atoms with Gasteiger partial charge in [-0.2, -0.15) is 0 Å². The van der Waals surface area contributed by atoms with E-state index in [4.69, 9.17) is 9.73 Å². The number of halogens is 1. The van der Waals surface area contributed by atoms with E-state index in [9.17, 15) is 0 Å². The number of aromatic nitrogens is 3. The zero-order valence-electron chi connectivity index (χ0n) is 15.9. The highest BCUT2D eigenvalue weighted by Gasteiger charge is 2.16. The Balaban J connectivity index is 0.00000261. The number of ether oxygens (including phenoxy) is 1. The van der Waals surface area contributed by atoms with Crippen LogP contribution in [0.3, 0.4) is 0 Å². The van der Waals surface area contributed by atoms with Crippen LogP contribution in [0.1, 0.15) is 43.4 Å². The molecule has 3 rings (SSSR count). The lowest BCUT2D eigenvalue weighted by molar-refractivity contribution is 0.117. The fourth-order valence-corrected chi connectivity index (χ4v) is 3.72. The van der Waals surface area contributed by atoms with Gasteiger partial charge in [0.25, 0.3) is 0 Å². The molecular weight excluding hydrogens is 475 g/mol. The summed E-state index contributed by atoms with van der Waals surface area (Å²) in [4.78, 5) is 6.05. The number of hydrogen-bond donors (Lipinski definition) is 2. The van der Waals surface area contributed by atoms with Gasteiger partial charge >= 0.3 is 0 Å². The number of rotatable bonds is 8. The molecule has 0 bridgehead atoms. The third-order valence-corrected chi connectivity index (χ3v) is 5.51. The SMILES string of the molecule is CCc1nncn1CCNC(=NCC1CCCO1)NC(C)c1cccs1.I. The monoisotopic (exact) mass is 504 g/mol. The smallest absolute Gasteiger partial charge is 0.191 e. The molecule has 27 heavy (non-hydrogen) atoms. The second-order valence-electron chi connectivity index (χ2n) is 6.43. The Morgan fingerprint density at radius 1 is 1.52 bits per heavy atom. The third-order valence-electron chi connectivity index (χ3n) is 4.46. The second-order valence-corrected chi connectivity index (χ2v) is 7.41. The molecule has 1 fully saturated rings. The summed E-state index contributed by atoms with van der Waals surface area (Å²) in [5.74, 6) is 1.83. The Kier molecular flexibility index (Phi) is 9.49. The van der Waals surface area contributed by atoms with E-state index >= 15 is 0 Å². The Morgan fingerprint density at radius 2 is 2.41 bits per heavy atom. The molecule has 1 saturated heterocycles. The van der Waals surface area contributed by atoms with Gasteiger partial charge in [0.15, 0.2) is 5.96 Å². The van der Waals surface area contributed by atoms with Crippen molar-refractivity contribution in [3.8, 4) is 0 Å². The number of aliphatic imine (C=N–C) groups is 1. The Labute approximate surface area is 182 Å². The number of hydrogen-bond acceptors (Lipinski definition) is 5. The number of nitrogens with zero attached hydrogens (tertiary/aromatic N) is 4. The third kappa shape index (κ3) is 6.72. The molecule has 3 heterocycles. The predicted molar refractivity (Wildman–Crippen MR) is 120 cm³/mol. The van der Waals surface area contributed by atoms with Gasteiger partial charge in [0, 0.05) is 31.0 Å². The first-order valence-electron chi connectivity index (χ1n) is 9.32.